The Hall–Kier alpha value is -2.36. The van der Waals surface area contributed by atoms with E-state index in [4.69, 9.17) is 14.7 Å². The maximum absolute atomic E-state index is 13.5. The Morgan fingerprint density at radius 3 is 2.59 bits per heavy atom. The van der Waals surface area contributed by atoms with Gasteiger partial charge in [-0.2, -0.15) is 0 Å². The van der Waals surface area contributed by atoms with Gasteiger partial charge in [0.15, 0.2) is 0 Å². The number of rotatable bonds is 6. The molecule has 3 aromatic heterocycles. The van der Waals surface area contributed by atoms with E-state index in [2.05, 4.69) is 27.3 Å². The molecule has 0 saturated carbocycles. The van der Waals surface area contributed by atoms with Gasteiger partial charge in [-0.1, -0.05) is 6.07 Å². The highest BCUT2D eigenvalue weighted by molar-refractivity contribution is 7.18. The van der Waals surface area contributed by atoms with Crippen molar-refractivity contribution >= 4 is 33.2 Å². The second-order valence-electron chi connectivity index (χ2n) is 9.64. The van der Waals surface area contributed by atoms with Gasteiger partial charge in [0, 0.05) is 57.0 Å². The summed E-state index contributed by atoms with van der Waals surface area (Å²) >= 11 is 1.73. The standard InChI is InChI=1S/C25H31FN6OS/c26-18-3-7-32(15-18)23-2-1-17(13-27-23)11-25-30-21-14-28-24(12-22(21)34-25)31-8-4-19(5-9-31)29-20-6-10-33-16-20/h1-2,12-14,18-20,29H,3-11,15-16H2. The number of ether oxygens (including phenoxy) is 1. The van der Waals surface area contributed by atoms with Crippen LogP contribution in [0.15, 0.2) is 30.6 Å². The van der Waals surface area contributed by atoms with E-state index >= 15 is 0 Å². The van der Waals surface area contributed by atoms with Crippen molar-refractivity contribution in [2.24, 2.45) is 0 Å². The summed E-state index contributed by atoms with van der Waals surface area (Å²) in [6, 6.07) is 7.37. The third-order valence-electron chi connectivity index (χ3n) is 7.14. The number of anilines is 2. The summed E-state index contributed by atoms with van der Waals surface area (Å²) in [4.78, 5) is 18.5. The number of piperidine rings is 1. The first-order chi connectivity index (χ1) is 16.7. The molecular formula is C25H31FN6OS. The molecule has 3 aliphatic heterocycles. The summed E-state index contributed by atoms with van der Waals surface area (Å²) in [5.41, 5.74) is 2.08. The number of nitrogens with one attached hydrogen (secondary N) is 1. The second kappa shape index (κ2) is 9.71. The number of thiazole rings is 1. The maximum atomic E-state index is 13.5. The van der Waals surface area contributed by atoms with Gasteiger partial charge in [0.1, 0.15) is 17.8 Å². The number of hydrogen-bond acceptors (Lipinski definition) is 8. The zero-order valence-electron chi connectivity index (χ0n) is 19.3. The molecule has 180 valence electrons. The normalized spacial score (nSPS) is 23.9. The van der Waals surface area contributed by atoms with E-state index in [0.717, 1.165) is 86.3 Å². The lowest BCUT2D eigenvalue weighted by molar-refractivity contribution is 0.186. The van der Waals surface area contributed by atoms with Crippen molar-refractivity contribution in [2.45, 2.75) is 50.4 Å². The zero-order chi connectivity index (χ0) is 22.9. The lowest BCUT2D eigenvalue weighted by Gasteiger charge is -2.34. The van der Waals surface area contributed by atoms with Gasteiger partial charge in [0.25, 0.3) is 0 Å². The number of hydrogen-bond donors (Lipinski definition) is 1. The Morgan fingerprint density at radius 2 is 1.85 bits per heavy atom. The maximum Gasteiger partial charge on any atom is 0.130 e. The van der Waals surface area contributed by atoms with Crippen molar-refractivity contribution in [3.63, 3.8) is 0 Å². The summed E-state index contributed by atoms with van der Waals surface area (Å²) in [6.07, 6.45) is 7.81. The second-order valence-corrected chi connectivity index (χ2v) is 10.8. The average Bonchev–Trinajstić information content (AvgIpc) is 3.61. The lowest BCUT2D eigenvalue weighted by atomic mass is 10.0. The van der Waals surface area contributed by atoms with E-state index in [9.17, 15) is 4.39 Å². The first-order valence-corrected chi connectivity index (χ1v) is 13.2. The SMILES string of the molecule is FC1CCN(c2ccc(Cc3nc4cnc(N5CCC(NC6CCOC6)CC5)cc4s3)cn2)C1. The van der Waals surface area contributed by atoms with Crippen LogP contribution in [0.1, 0.15) is 36.3 Å². The molecule has 6 rings (SSSR count). The van der Waals surface area contributed by atoms with Gasteiger partial charge < -0.3 is 19.9 Å². The number of halogens is 1. The van der Waals surface area contributed by atoms with E-state index in [1.807, 2.05) is 23.4 Å². The first kappa shape index (κ1) is 22.1. The van der Waals surface area contributed by atoms with Crippen LogP contribution in [-0.2, 0) is 11.2 Å². The molecule has 0 bridgehead atoms. The summed E-state index contributed by atoms with van der Waals surface area (Å²) in [5.74, 6) is 1.91. The first-order valence-electron chi connectivity index (χ1n) is 12.4. The molecule has 1 N–H and O–H groups in total. The number of fused-ring (bicyclic) bond motifs is 1. The average molecular weight is 483 g/mol. The lowest BCUT2D eigenvalue weighted by Crippen LogP contribution is -2.46. The summed E-state index contributed by atoms with van der Waals surface area (Å²) in [7, 11) is 0. The van der Waals surface area contributed by atoms with E-state index in [0.29, 0.717) is 25.0 Å². The summed E-state index contributed by atoms with van der Waals surface area (Å²) in [6.45, 7) is 4.97. The molecule has 3 saturated heterocycles. The molecule has 2 unspecified atom stereocenters. The molecule has 0 spiro atoms. The highest BCUT2D eigenvalue weighted by Gasteiger charge is 2.25. The number of nitrogens with zero attached hydrogens (tertiary/aromatic N) is 5. The molecule has 34 heavy (non-hydrogen) atoms. The molecule has 3 aliphatic rings. The van der Waals surface area contributed by atoms with Gasteiger partial charge >= 0.3 is 0 Å². The number of alkyl halides is 1. The van der Waals surface area contributed by atoms with E-state index in [1.165, 1.54) is 4.70 Å². The fourth-order valence-corrected chi connectivity index (χ4v) is 6.20. The molecule has 2 atom stereocenters. The van der Waals surface area contributed by atoms with Crippen LogP contribution in [0.2, 0.25) is 0 Å². The Balaban J connectivity index is 1.08. The van der Waals surface area contributed by atoms with E-state index in [-0.39, 0.29) is 0 Å². The van der Waals surface area contributed by atoms with Crippen LogP contribution in [0.25, 0.3) is 10.2 Å². The smallest absolute Gasteiger partial charge is 0.130 e. The molecule has 0 amide bonds. The number of aromatic nitrogens is 3. The largest absolute Gasteiger partial charge is 0.380 e. The monoisotopic (exact) mass is 482 g/mol. The van der Waals surface area contributed by atoms with E-state index < -0.39 is 6.17 Å². The van der Waals surface area contributed by atoms with Crippen LogP contribution in [0, 0.1) is 0 Å². The molecular weight excluding hydrogens is 451 g/mol. The van der Waals surface area contributed by atoms with Gasteiger partial charge in [-0.05, 0) is 37.3 Å². The van der Waals surface area contributed by atoms with Crippen LogP contribution in [-0.4, -0.2) is 72.6 Å². The minimum atomic E-state index is -0.738. The Kier molecular flexibility index (Phi) is 6.32. The van der Waals surface area contributed by atoms with Crippen molar-refractivity contribution in [1.82, 2.24) is 20.3 Å². The van der Waals surface area contributed by atoms with Gasteiger partial charge in [0.05, 0.1) is 34.6 Å². The zero-order valence-corrected chi connectivity index (χ0v) is 20.1. The molecule has 3 aromatic rings. The third-order valence-corrected chi connectivity index (χ3v) is 8.16. The molecule has 9 heteroatoms. The minimum absolute atomic E-state index is 0.448. The Morgan fingerprint density at radius 1 is 1.00 bits per heavy atom. The third kappa shape index (κ3) is 4.87. The van der Waals surface area contributed by atoms with Crippen LogP contribution in [0.5, 0.6) is 0 Å². The molecule has 0 aromatic carbocycles. The van der Waals surface area contributed by atoms with Crippen LogP contribution in [0.3, 0.4) is 0 Å². The fourth-order valence-electron chi connectivity index (χ4n) is 5.20. The van der Waals surface area contributed by atoms with Gasteiger partial charge in [-0.15, -0.1) is 11.3 Å². The van der Waals surface area contributed by atoms with Gasteiger partial charge in [-0.25, -0.2) is 19.3 Å². The van der Waals surface area contributed by atoms with Crippen LogP contribution >= 0.6 is 11.3 Å². The molecule has 3 fully saturated rings. The molecule has 0 radical (unpaired) electrons. The quantitative estimate of drug-likeness (QED) is 0.576. The van der Waals surface area contributed by atoms with Crippen molar-refractivity contribution in [2.75, 3.05) is 49.2 Å². The van der Waals surface area contributed by atoms with Crippen molar-refractivity contribution in [1.29, 1.82) is 0 Å². The van der Waals surface area contributed by atoms with Gasteiger partial charge in [-0.3, -0.25) is 0 Å². The summed E-state index contributed by atoms with van der Waals surface area (Å²) in [5, 5.41) is 4.83. The molecule has 0 aliphatic carbocycles. The Bertz CT molecular complexity index is 1110. The highest BCUT2D eigenvalue weighted by atomic mass is 32.1. The Labute approximate surface area is 203 Å². The topological polar surface area (TPSA) is 66.4 Å². The molecule has 6 heterocycles. The fraction of sp³-hybridized carbons (Fsp3) is 0.560. The highest BCUT2D eigenvalue weighted by Crippen LogP contribution is 2.28. The van der Waals surface area contributed by atoms with Gasteiger partial charge in [0.2, 0.25) is 0 Å². The van der Waals surface area contributed by atoms with Crippen molar-refractivity contribution in [3.8, 4) is 0 Å². The van der Waals surface area contributed by atoms with E-state index in [1.54, 1.807) is 11.3 Å². The predicted octanol–water partition coefficient (Wildman–Crippen LogP) is 3.57. The summed E-state index contributed by atoms with van der Waals surface area (Å²) < 4.78 is 20.1. The number of pyridine rings is 2. The predicted molar refractivity (Wildman–Crippen MR) is 134 cm³/mol. The van der Waals surface area contributed by atoms with Crippen LogP contribution < -0.4 is 15.1 Å². The van der Waals surface area contributed by atoms with Crippen LogP contribution in [0.4, 0.5) is 16.0 Å². The van der Waals surface area contributed by atoms with Crippen molar-refractivity contribution in [3.05, 3.63) is 41.2 Å². The molecule has 7 nitrogen and oxygen atoms in total. The van der Waals surface area contributed by atoms with Crippen molar-refractivity contribution < 1.29 is 9.13 Å². The minimum Gasteiger partial charge on any atom is -0.380 e.